The molecule has 0 unspecified atom stereocenters. The normalized spacial score (nSPS) is 27.9. The van der Waals surface area contributed by atoms with Crippen molar-refractivity contribution in [3.05, 3.63) is 36.3 Å². The highest BCUT2D eigenvalue weighted by Crippen LogP contribution is 2.43. The van der Waals surface area contributed by atoms with Crippen LogP contribution in [0.25, 0.3) is 11.1 Å². The van der Waals surface area contributed by atoms with Crippen LogP contribution < -0.4 is 5.32 Å². The Bertz CT molecular complexity index is 943. The predicted molar refractivity (Wildman–Crippen MR) is 132 cm³/mol. The Balaban J connectivity index is 1.16. The Kier molecular flexibility index (Phi) is 6.41. The van der Waals surface area contributed by atoms with Crippen molar-refractivity contribution < 1.29 is 4.74 Å². The number of piperidine rings is 1. The highest BCUT2D eigenvalue weighted by atomic mass is 16.5. The quantitative estimate of drug-likeness (QED) is 0.621. The van der Waals surface area contributed by atoms with Crippen molar-refractivity contribution in [2.75, 3.05) is 32.1 Å². The first-order chi connectivity index (χ1) is 16.0. The van der Waals surface area contributed by atoms with Crippen LogP contribution in [0.4, 0.5) is 5.82 Å². The predicted octanol–water partition coefficient (Wildman–Crippen LogP) is 5.28. The van der Waals surface area contributed by atoms with E-state index in [0.29, 0.717) is 17.4 Å². The lowest BCUT2D eigenvalue weighted by Gasteiger charge is -2.44. The van der Waals surface area contributed by atoms with Gasteiger partial charge in [-0.1, -0.05) is 13.0 Å². The van der Waals surface area contributed by atoms with Gasteiger partial charge in [-0.15, -0.1) is 5.10 Å². The average Bonchev–Trinajstić information content (AvgIpc) is 3.68. The Labute approximate surface area is 198 Å². The first-order valence-corrected chi connectivity index (χ1v) is 12.8. The maximum Gasteiger partial charge on any atom is 0.149 e. The van der Waals surface area contributed by atoms with Crippen LogP contribution in [0.15, 0.2) is 30.6 Å². The van der Waals surface area contributed by atoms with Crippen LogP contribution in [0.5, 0.6) is 0 Å². The maximum atomic E-state index is 5.72. The summed E-state index contributed by atoms with van der Waals surface area (Å²) < 4.78 is 5.72. The summed E-state index contributed by atoms with van der Waals surface area (Å²) in [6, 6.07) is 6.82. The van der Waals surface area contributed by atoms with Crippen LogP contribution in [0.3, 0.4) is 0 Å². The molecule has 0 amide bonds. The summed E-state index contributed by atoms with van der Waals surface area (Å²) in [6.45, 7) is 8.25. The van der Waals surface area contributed by atoms with Gasteiger partial charge in [-0.05, 0) is 75.8 Å². The number of hydrogen-bond donors (Lipinski definition) is 1. The molecule has 3 aliphatic rings. The van der Waals surface area contributed by atoms with E-state index >= 15 is 0 Å². The summed E-state index contributed by atoms with van der Waals surface area (Å²) in [5, 5.41) is 12.4. The van der Waals surface area contributed by atoms with Gasteiger partial charge in [0.25, 0.3) is 0 Å². The lowest BCUT2D eigenvalue weighted by molar-refractivity contribution is -0.0503. The Morgan fingerprint density at radius 2 is 1.85 bits per heavy atom. The number of methoxy groups -OCH3 is 1. The molecule has 33 heavy (non-hydrogen) atoms. The molecule has 0 radical (unpaired) electrons. The monoisotopic (exact) mass is 449 g/mol. The maximum absolute atomic E-state index is 5.72. The third kappa shape index (κ3) is 5.38. The number of aromatic nitrogens is 3. The van der Waals surface area contributed by atoms with Gasteiger partial charge in [0.1, 0.15) is 5.82 Å². The van der Waals surface area contributed by atoms with E-state index in [-0.39, 0.29) is 5.60 Å². The molecule has 3 heterocycles. The Morgan fingerprint density at radius 3 is 2.55 bits per heavy atom. The molecule has 6 nitrogen and oxygen atoms in total. The highest BCUT2D eigenvalue weighted by Gasteiger charge is 2.36. The molecular formula is C27H39N5O. The van der Waals surface area contributed by atoms with E-state index in [1.807, 2.05) is 25.6 Å². The van der Waals surface area contributed by atoms with E-state index in [2.05, 4.69) is 51.4 Å². The first-order valence-electron chi connectivity index (χ1n) is 12.8. The zero-order valence-electron chi connectivity index (χ0n) is 20.5. The van der Waals surface area contributed by atoms with Gasteiger partial charge < -0.3 is 15.0 Å². The molecule has 2 aromatic rings. The number of anilines is 1. The molecule has 178 valence electrons. The molecule has 5 rings (SSSR count). The summed E-state index contributed by atoms with van der Waals surface area (Å²) in [4.78, 5) is 7.32. The second-order valence-corrected chi connectivity index (χ2v) is 11.2. The number of nitrogens with one attached hydrogen (secondary N) is 1. The molecule has 3 fully saturated rings. The van der Waals surface area contributed by atoms with Gasteiger partial charge >= 0.3 is 0 Å². The van der Waals surface area contributed by atoms with Crippen LogP contribution in [0.2, 0.25) is 0 Å². The molecule has 1 aliphatic heterocycles. The van der Waals surface area contributed by atoms with E-state index in [1.54, 1.807) is 0 Å². The van der Waals surface area contributed by atoms with Gasteiger partial charge in [0.2, 0.25) is 0 Å². The third-order valence-corrected chi connectivity index (χ3v) is 8.32. The number of nitrogens with zero attached hydrogens (tertiary/aromatic N) is 4. The fraction of sp³-hybridized carbons (Fsp3) is 0.667. The second-order valence-electron chi connectivity index (χ2n) is 11.2. The van der Waals surface area contributed by atoms with E-state index in [1.165, 1.54) is 56.3 Å². The lowest BCUT2D eigenvalue weighted by Crippen LogP contribution is -2.48. The summed E-state index contributed by atoms with van der Waals surface area (Å²) in [5.74, 6) is 1.51. The van der Waals surface area contributed by atoms with E-state index in [0.717, 1.165) is 37.3 Å². The summed E-state index contributed by atoms with van der Waals surface area (Å²) in [6.07, 6.45) is 13.4. The van der Waals surface area contributed by atoms with E-state index in [9.17, 15) is 0 Å². The molecular weight excluding hydrogens is 410 g/mol. The van der Waals surface area contributed by atoms with Crippen LogP contribution in [0, 0.1) is 5.41 Å². The molecule has 0 aromatic carbocycles. The Morgan fingerprint density at radius 1 is 1.09 bits per heavy atom. The molecule has 1 saturated heterocycles. The van der Waals surface area contributed by atoms with Gasteiger partial charge in [-0.3, -0.25) is 4.98 Å². The fourth-order valence-electron chi connectivity index (χ4n) is 5.68. The summed E-state index contributed by atoms with van der Waals surface area (Å²) >= 11 is 0. The number of pyridine rings is 1. The van der Waals surface area contributed by atoms with Crippen LogP contribution >= 0.6 is 0 Å². The van der Waals surface area contributed by atoms with Crippen molar-refractivity contribution in [1.29, 1.82) is 0 Å². The van der Waals surface area contributed by atoms with Crippen molar-refractivity contribution in [1.82, 2.24) is 20.1 Å². The smallest absolute Gasteiger partial charge is 0.149 e. The summed E-state index contributed by atoms with van der Waals surface area (Å²) in [5.41, 5.74) is 4.02. The number of likely N-dealkylation sites (tertiary alicyclic amines) is 1. The highest BCUT2D eigenvalue weighted by molar-refractivity contribution is 5.68. The van der Waals surface area contributed by atoms with Crippen LogP contribution in [-0.4, -0.2) is 58.5 Å². The van der Waals surface area contributed by atoms with Crippen LogP contribution in [-0.2, 0) is 4.74 Å². The van der Waals surface area contributed by atoms with Crippen molar-refractivity contribution in [2.24, 2.45) is 5.41 Å². The van der Waals surface area contributed by atoms with Crippen molar-refractivity contribution in [3.8, 4) is 11.1 Å². The third-order valence-electron chi connectivity index (χ3n) is 8.32. The number of hydrogen-bond acceptors (Lipinski definition) is 6. The topological polar surface area (TPSA) is 63.2 Å². The number of rotatable bonds is 7. The van der Waals surface area contributed by atoms with Crippen molar-refractivity contribution >= 4 is 5.82 Å². The largest absolute Gasteiger partial charge is 0.378 e. The van der Waals surface area contributed by atoms with E-state index in [4.69, 9.17) is 4.74 Å². The molecule has 1 N–H and O–H groups in total. The minimum Gasteiger partial charge on any atom is -0.378 e. The summed E-state index contributed by atoms with van der Waals surface area (Å²) in [7, 11) is 1.86. The molecule has 0 spiro atoms. The van der Waals surface area contributed by atoms with E-state index < -0.39 is 0 Å². The van der Waals surface area contributed by atoms with Crippen molar-refractivity contribution in [2.45, 2.75) is 82.8 Å². The van der Waals surface area contributed by atoms with Gasteiger partial charge in [-0.25, -0.2) is 0 Å². The van der Waals surface area contributed by atoms with Gasteiger partial charge in [0, 0.05) is 56.0 Å². The van der Waals surface area contributed by atoms with Gasteiger partial charge in [-0.2, -0.15) is 5.10 Å². The standard InChI is InChI=1S/C27H39N5O/c1-26(19-32-15-12-27(2,33-3)13-16-32)10-8-22(9-11-26)30-24-17-21(18-29-31-24)23-5-4-14-28-25(23)20-6-7-20/h4-5,14,17-18,20,22H,6-13,15-16,19H2,1-3H3,(H,30,31). The molecule has 6 heteroatoms. The zero-order valence-corrected chi connectivity index (χ0v) is 20.5. The van der Waals surface area contributed by atoms with Gasteiger partial charge in [0.05, 0.1) is 17.5 Å². The van der Waals surface area contributed by atoms with Crippen LogP contribution in [0.1, 0.15) is 76.8 Å². The molecule has 2 saturated carbocycles. The zero-order chi connectivity index (χ0) is 22.9. The minimum absolute atomic E-state index is 0.0732. The minimum atomic E-state index is 0.0732. The fourth-order valence-corrected chi connectivity index (χ4v) is 5.68. The first kappa shape index (κ1) is 22.7. The Hall–Kier alpha value is -2.05. The molecule has 0 bridgehead atoms. The SMILES string of the molecule is COC1(C)CCN(CC2(C)CCC(Nc3cc(-c4cccnc4C4CC4)cnn3)CC2)CC1. The average molecular weight is 450 g/mol. The van der Waals surface area contributed by atoms with Crippen molar-refractivity contribution in [3.63, 3.8) is 0 Å². The molecule has 2 aliphatic carbocycles. The number of ether oxygens (including phenoxy) is 1. The molecule has 0 atom stereocenters. The van der Waals surface area contributed by atoms with Gasteiger partial charge in [0.15, 0.2) is 0 Å². The second kappa shape index (κ2) is 9.30. The lowest BCUT2D eigenvalue weighted by atomic mass is 9.73. The molecule has 2 aromatic heterocycles.